The average Bonchev–Trinajstić information content (AvgIpc) is 3.09. The number of nitrogens with zero attached hydrogens (tertiary/aromatic N) is 2. The van der Waals surface area contributed by atoms with Crippen molar-refractivity contribution in [2.45, 2.75) is 12.6 Å². The quantitative estimate of drug-likeness (QED) is 0.389. The molecule has 7 heteroatoms. The van der Waals surface area contributed by atoms with E-state index >= 15 is 0 Å². The maximum absolute atomic E-state index is 13.1. The summed E-state index contributed by atoms with van der Waals surface area (Å²) in [6.07, 6.45) is 3.22. The van der Waals surface area contributed by atoms with Gasteiger partial charge in [0, 0.05) is 24.5 Å². The summed E-state index contributed by atoms with van der Waals surface area (Å²) >= 11 is 0. The van der Waals surface area contributed by atoms with E-state index in [2.05, 4.69) is 4.98 Å². The molecule has 2 aromatic carbocycles. The van der Waals surface area contributed by atoms with Crippen molar-refractivity contribution in [1.82, 2.24) is 9.88 Å². The Morgan fingerprint density at radius 2 is 1.78 bits per heavy atom. The first kappa shape index (κ1) is 19.8. The van der Waals surface area contributed by atoms with Gasteiger partial charge in [0.1, 0.15) is 19.0 Å². The number of amides is 1. The van der Waals surface area contributed by atoms with Gasteiger partial charge < -0.3 is 19.5 Å². The second-order valence-corrected chi connectivity index (χ2v) is 7.56. The lowest BCUT2D eigenvalue weighted by Gasteiger charge is -2.25. The third kappa shape index (κ3) is 3.47. The Balaban J connectivity index is 1.62. The molecule has 1 N–H and O–H groups in total. The number of ketones is 1. The first-order chi connectivity index (χ1) is 15.6. The molecule has 2 aliphatic rings. The van der Waals surface area contributed by atoms with Crippen molar-refractivity contribution in [3.63, 3.8) is 0 Å². The Bertz CT molecular complexity index is 1210. The van der Waals surface area contributed by atoms with Gasteiger partial charge in [-0.1, -0.05) is 36.4 Å². The molecule has 5 rings (SSSR count). The molecule has 2 aliphatic heterocycles. The summed E-state index contributed by atoms with van der Waals surface area (Å²) in [4.78, 5) is 31.8. The van der Waals surface area contributed by atoms with Gasteiger partial charge in [0.25, 0.3) is 11.7 Å². The van der Waals surface area contributed by atoms with Crippen LogP contribution < -0.4 is 9.47 Å². The van der Waals surface area contributed by atoms with E-state index in [9.17, 15) is 14.7 Å². The van der Waals surface area contributed by atoms with Crippen LogP contribution in [0.4, 0.5) is 0 Å². The molecule has 1 fully saturated rings. The van der Waals surface area contributed by atoms with Crippen LogP contribution in [-0.2, 0) is 16.1 Å². The minimum Gasteiger partial charge on any atom is -0.507 e. The van der Waals surface area contributed by atoms with Crippen LogP contribution in [0.2, 0.25) is 0 Å². The predicted octanol–water partition coefficient (Wildman–Crippen LogP) is 3.47. The molecular weight excluding hydrogens is 408 g/mol. The van der Waals surface area contributed by atoms with E-state index in [1.807, 2.05) is 30.3 Å². The van der Waals surface area contributed by atoms with Crippen LogP contribution >= 0.6 is 0 Å². The SMILES string of the molecule is O=C1C(=O)N(Cc2ccccc2)C(c2cccnc2)/C1=C(\O)c1ccc2c(c1)OCCO2. The molecule has 1 atom stereocenters. The number of hydrogen-bond acceptors (Lipinski definition) is 6. The maximum Gasteiger partial charge on any atom is 0.295 e. The molecule has 160 valence electrons. The highest BCUT2D eigenvalue weighted by Gasteiger charge is 2.46. The molecule has 1 amide bonds. The molecule has 0 bridgehead atoms. The van der Waals surface area contributed by atoms with Crippen LogP contribution in [0.25, 0.3) is 5.76 Å². The van der Waals surface area contributed by atoms with Crippen molar-refractivity contribution < 1.29 is 24.2 Å². The number of carbonyl (C=O) groups is 2. The molecule has 3 aromatic rings. The number of rotatable bonds is 4. The topological polar surface area (TPSA) is 89.0 Å². The number of pyridine rings is 1. The zero-order chi connectivity index (χ0) is 22.1. The van der Waals surface area contributed by atoms with Crippen LogP contribution in [0, 0.1) is 0 Å². The van der Waals surface area contributed by atoms with E-state index in [0.717, 1.165) is 5.56 Å². The van der Waals surface area contributed by atoms with Crippen molar-refractivity contribution in [2.75, 3.05) is 13.2 Å². The highest BCUT2D eigenvalue weighted by atomic mass is 16.6. The van der Waals surface area contributed by atoms with Crippen molar-refractivity contribution in [2.24, 2.45) is 0 Å². The van der Waals surface area contributed by atoms with Gasteiger partial charge in [-0.2, -0.15) is 0 Å². The molecule has 32 heavy (non-hydrogen) atoms. The summed E-state index contributed by atoms with van der Waals surface area (Å²) in [5.74, 6) is -0.605. The number of hydrogen-bond donors (Lipinski definition) is 1. The molecular formula is C25H20N2O5. The van der Waals surface area contributed by atoms with Crippen molar-refractivity contribution in [3.05, 3.63) is 95.3 Å². The van der Waals surface area contributed by atoms with Gasteiger partial charge in [0.2, 0.25) is 0 Å². The van der Waals surface area contributed by atoms with Gasteiger partial charge in [0.15, 0.2) is 11.5 Å². The van der Waals surface area contributed by atoms with Gasteiger partial charge in [0.05, 0.1) is 11.6 Å². The number of aliphatic hydroxyl groups excluding tert-OH is 1. The number of aliphatic hydroxyl groups is 1. The highest BCUT2D eigenvalue weighted by Crippen LogP contribution is 2.41. The number of fused-ring (bicyclic) bond motifs is 1. The lowest BCUT2D eigenvalue weighted by Crippen LogP contribution is -2.29. The second-order valence-electron chi connectivity index (χ2n) is 7.56. The molecule has 0 radical (unpaired) electrons. The van der Waals surface area contributed by atoms with Gasteiger partial charge in [-0.25, -0.2) is 0 Å². The fourth-order valence-corrected chi connectivity index (χ4v) is 4.05. The largest absolute Gasteiger partial charge is 0.507 e. The second kappa shape index (κ2) is 8.19. The lowest BCUT2D eigenvalue weighted by atomic mass is 9.96. The summed E-state index contributed by atoms with van der Waals surface area (Å²) in [6, 6.07) is 17.1. The van der Waals surface area contributed by atoms with Crippen LogP contribution in [0.3, 0.4) is 0 Å². The van der Waals surface area contributed by atoms with Gasteiger partial charge in [-0.3, -0.25) is 14.6 Å². The van der Waals surface area contributed by atoms with Crippen LogP contribution in [0.5, 0.6) is 11.5 Å². The zero-order valence-electron chi connectivity index (χ0n) is 17.1. The molecule has 1 aromatic heterocycles. The Hall–Kier alpha value is -4.13. The Labute approximate surface area is 184 Å². The number of Topliss-reactive ketones (excluding diaryl/α,β-unsaturated/α-hetero) is 1. The summed E-state index contributed by atoms with van der Waals surface area (Å²) in [6.45, 7) is 1.07. The number of ether oxygens (including phenoxy) is 2. The zero-order valence-corrected chi connectivity index (χ0v) is 17.1. The summed E-state index contributed by atoms with van der Waals surface area (Å²) in [5.41, 5.74) is 1.92. The first-order valence-corrected chi connectivity index (χ1v) is 10.3. The van der Waals surface area contributed by atoms with Gasteiger partial charge >= 0.3 is 0 Å². The Kier molecular flexibility index (Phi) is 5.07. The minimum atomic E-state index is -0.767. The van der Waals surface area contributed by atoms with Crippen LogP contribution in [-0.4, -0.2) is 39.9 Å². The summed E-state index contributed by atoms with van der Waals surface area (Å²) in [5, 5.41) is 11.2. The van der Waals surface area contributed by atoms with E-state index in [0.29, 0.717) is 35.8 Å². The highest BCUT2D eigenvalue weighted by molar-refractivity contribution is 6.46. The molecule has 0 spiro atoms. The van der Waals surface area contributed by atoms with E-state index in [1.54, 1.807) is 42.7 Å². The van der Waals surface area contributed by atoms with E-state index < -0.39 is 17.7 Å². The molecule has 0 saturated carbocycles. The first-order valence-electron chi connectivity index (χ1n) is 10.3. The van der Waals surface area contributed by atoms with Crippen LogP contribution in [0.15, 0.2) is 78.6 Å². The van der Waals surface area contributed by atoms with Crippen molar-refractivity contribution >= 4 is 17.4 Å². The summed E-state index contributed by atoms with van der Waals surface area (Å²) < 4.78 is 11.1. The van der Waals surface area contributed by atoms with E-state index in [4.69, 9.17) is 9.47 Å². The fourth-order valence-electron chi connectivity index (χ4n) is 4.05. The number of benzene rings is 2. The number of likely N-dealkylation sites (tertiary alicyclic amines) is 1. The third-order valence-corrected chi connectivity index (χ3v) is 5.55. The van der Waals surface area contributed by atoms with E-state index in [1.165, 1.54) is 4.90 Å². The predicted molar refractivity (Wildman–Crippen MR) is 116 cm³/mol. The van der Waals surface area contributed by atoms with Crippen molar-refractivity contribution in [3.8, 4) is 11.5 Å². The fraction of sp³-hybridized carbons (Fsp3) is 0.160. The molecule has 1 unspecified atom stereocenters. The molecule has 1 saturated heterocycles. The molecule has 0 aliphatic carbocycles. The number of aromatic nitrogens is 1. The van der Waals surface area contributed by atoms with E-state index in [-0.39, 0.29) is 17.9 Å². The monoisotopic (exact) mass is 428 g/mol. The van der Waals surface area contributed by atoms with Gasteiger partial charge in [-0.05, 0) is 35.4 Å². The smallest absolute Gasteiger partial charge is 0.295 e. The number of carbonyl (C=O) groups excluding carboxylic acids is 2. The third-order valence-electron chi connectivity index (χ3n) is 5.55. The Morgan fingerprint density at radius 1 is 1.00 bits per heavy atom. The maximum atomic E-state index is 13.1. The average molecular weight is 428 g/mol. The standard InChI is InChI=1S/C25H20N2O5/c28-23(17-8-9-19-20(13-17)32-12-11-31-19)21-22(18-7-4-10-26-14-18)27(25(30)24(21)29)15-16-5-2-1-3-6-16/h1-10,13-14,22,28H,11-12,15H2/b23-21+. The normalized spacial score (nSPS) is 19.2. The van der Waals surface area contributed by atoms with Crippen LogP contribution in [0.1, 0.15) is 22.7 Å². The van der Waals surface area contributed by atoms with Crippen molar-refractivity contribution in [1.29, 1.82) is 0 Å². The lowest BCUT2D eigenvalue weighted by molar-refractivity contribution is -0.140. The minimum absolute atomic E-state index is 0.0237. The van der Waals surface area contributed by atoms with Gasteiger partial charge in [-0.15, -0.1) is 0 Å². The summed E-state index contributed by atoms with van der Waals surface area (Å²) in [7, 11) is 0. The molecule has 7 nitrogen and oxygen atoms in total. The Morgan fingerprint density at radius 3 is 2.53 bits per heavy atom. The molecule has 3 heterocycles.